The quantitative estimate of drug-likeness (QED) is 0.619. The number of nitrogens with zero attached hydrogens (tertiary/aromatic N) is 1. The standard InChI is InChI=1S/C7H14N2/c1-7(2,3-5-8)4-6-9/h3-5,8H2,1-2H3. The van der Waals surface area contributed by atoms with Crippen molar-refractivity contribution in [1.29, 1.82) is 5.26 Å². The van der Waals surface area contributed by atoms with Gasteiger partial charge in [-0.1, -0.05) is 13.8 Å². The highest BCUT2D eigenvalue weighted by Gasteiger charge is 2.15. The lowest BCUT2D eigenvalue weighted by molar-refractivity contribution is 0.350. The number of nitriles is 1. The molecule has 0 amide bonds. The number of hydrogen-bond acceptors (Lipinski definition) is 2. The minimum Gasteiger partial charge on any atom is -0.330 e. The maximum atomic E-state index is 8.34. The Labute approximate surface area is 56.7 Å². The molecule has 0 aromatic heterocycles. The lowest BCUT2D eigenvalue weighted by Crippen LogP contribution is -2.15. The van der Waals surface area contributed by atoms with Crippen LogP contribution in [0.1, 0.15) is 26.7 Å². The van der Waals surface area contributed by atoms with Gasteiger partial charge in [0, 0.05) is 6.42 Å². The molecule has 0 aliphatic heterocycles. The topological polar surface area (TPSA) is 49.8 Å². The van der Waals surface area contributed by atoms with Gasteiger partial charge in [0.1, 0.15) is 0 Å². The Kier molecular flexibility index (Phi) is 3.26. The van der Waals surface area contributed by atoms with E-state index in [9.17, 15) is 0 Å². The van der Waals surface area contributed by atoms with Crippen molar-refractivity contribution in [2.24, 2.45) is 11.1 Å². The van der Waals surface area contributed by atoms with Gasteiger partial charge in [0.2, 0.25) is 0 Å². The molecule has 0 heterocycles. The summed E-state index contributed by atoms with van der Waals surface area (Å²) < 4.78 is 0. The minimum atomic E-state index is 0.115. The summed E-state index contributed by atoms with van der Waals surface area (Å²) in [5.41, 5.74) is 5.45. The Morgan fingerprint density at radius 1 is 1.56 bits per heavy atom. The molecule has 0 rings (SSSR count). The summed E-state index contributed by atoms with van der Waals surface area (Å²) in [6.07, 6.45) is 1.53. The van der Waals surface area contributed by atoms with Crippen LogP contribution in [0.4, 0.5) is 0 Å². The maximum Gasteiger partial charge on any atom is 0.0627 e. The van der Waals surface area contributed by atoms with E-state index in [-0.39, 0.29) is 5.41 Å². The second-order valence-electron chi connectivity index (χ2n) is 3.04. The van der Waals surface area contributed by atoms with Crippen molar-refractivity contribution in [2.75, 3.05) is 6.54 Å². The van der Waals surface area contributed by atoms with E-state index < -0.39 is 0 Å². The van der Waals surface area contributed by atoms with Crippen molar-refractivity contribution < 1.29 is 0 Å². The molecule has 0 atom stereocenters. The molecule has 0 aromatic rings. The molecule has 0 fully saturated rings. The number of hydrogen-bond donors (Lipinski definition) is 1. The van der Waals surface area contributed by atoms with E-state index >= 15 is 0 Å². The van der Waals surface area contributed by atoms with E-state index in [1.165, 1.54) is 0 Å². The zero-order valence-electron chi connectivity index (χ0n) is 6.15. The van der Waals surface area contributed by atoms with Crippen molar-refractivity contribution in [3.8, 4) is 6.07 Å². The van der Waals surface area contributed by atoms with Crippen molar-refractivity contribution in [3.05, 3.63) is 0 Å². The molecule has 0 saturated heterocycles. The smallest absolute Gasteiger partial charge is 0.0627 e. The number of nitrogens with two attached hydrogens (primary N) is 1. The highest BCUT2D eigenvalue weighted by molar-refractivity contribution is 4.81. The predicted molar refractivity (Wildman–Crippen MR) is 37.7 cm³/mol. The van der Waals surface area contributed by atoms with Crippen LogP contribution in [0.15, 0.2) is 0 Å². The van der Waals surface area contributed by atoms with Crippen LogP contribution in [-0.4, -0.2) is 6.54 Å². The van der Waals surface area contributed by atoms with E-state index in [1.807, 2.05) is 0 Å². The average molecular weight is 126 g/mol. The summed E-state index contributed by atoms with van der Waals surface area (Å²) in [5.74, 6) is 0. The molecule has 0 aliphatic carbocycles. The van der Waals surface area contributed by atoms with Gasteiger partial charge in [0.15, 0.2) is 0 Å². The van der Waals surface area contributed by atoms with Crippen LogP contribution >= 0.6 is 0 Å². The Morgan fingerprint density at radius 3 is 2.44 bits per heavy atom. The van der Waals surface area contributed by atoms with Gasteiger partial charge in [-0.15, -0.1) is 0 Å². The fraction of sp³-hybridized carbons (Fsp3) is 0.857. The SMILES string of the molecule is CC(C)(CC#N)CCN. The Morgan fingerprint density at radius 2 is 2.11 bits per heavy atom. The highest BCUT2D eigenvalue weighted by Crippen LogP contribution is 2.22. The van der Waals surface area contributed by atoms with Gasteiger partial charge in [0.25, 0.3) is 0 Å². The van der Waals surface area contributed by atoms with Crippen molar-refractivity contribution in [2.45, 2.75) is 26.7 Å². The summed E-state index contributed by atoms with van der Waals surface area (Å²) in [7, 11) is 0. The molecule has 0 saturated carbocycles. The van der Waals surface area contributed by atoms with Gasteiger partial charge in [0.05, 0.1) is 6.07 Å². The molecular weight excluding hydrogens is 112 g/mol. The first kappa shape index (κ1) is 8.45. The fourth-order valence-corrected chi connectivity index (χ4v) is 0.693. The predicted octanol–water partition coefficient (Wildman–Crippen LogP) is 1.28. The zero-order chi connectivity index (χ0) is 7.33. The Bertz CT molecular complexity index is 111. The van der Waals surface area contributed by atoms with Gasteiger partial charge in [-0.3, -0.25) is 0 Å². The molecule has 0 bridgehead atoms. The first-order valence-electron chi connectivity index (χ1n) is 3.19. The van der Waals surface area contributed by atoms with E-state index in [1.54, 1.807) is 0 Å². The van der Waals surface area contributed by atoms with Crippen LogP contribution in [0.5, 0.6) is 0 Å². The molecule has 2 N–H and O–H groups in total. The third-order valence-corrected chi connectivity index (χ3v) is 1.38. The third-order valence-electron chi connectivity index (χ3n) is 1.38. The van der Waals surface area contributed by atoms with Crippen molar-refractivity contribution in [1.82, 2.24) is 0 Å². The molecule has 0 aromatic carbocycles. The summed E-state index contributed by atoms with van der Waals surface area (Å²) in [6, 6.07) is 2.14. The van der Waals surface area contributed by atoms with Crippen molar-refractivity contribution in [3.63, 3.8) is 0 Å². The van der Waals surface area contributed by atoms with E-state index in [0.29, 0.717) is 13.0 Å². The van der Waals surface area contributed by atoms with E-state index in [4.69, 9.17) is 11.0 Å². The summed E-state index contributed by atoms with van der Waals surface area (Å²) in [4.78, 5) is 0. The van der Waals surface area contributed by atoms with Crippen LogP contribution in [0.3, 0.4) is 0 Å². The Balaban J connectivity index is 3.59. The molecule has 2 nitrogen and oxygen atoms in total. The van der Waals surface area contributed by atoms with Gasteiger partial charge in [-0.05, 0) is 18.4 Å². The maximum absolute atomic E-state index is 8.34. The fourth-order valence-electron chi connectivity index (χ4n) is 0.693. The minimum absolute atomic E-state index is 0.115. The van der Waals surface area contributed by atoms with E-state index in [2.05, 4.69) is 19.9 Å². The van der Waals surface area contributed by atoms with Gasteiger partial charge in [-0.2, -0.15) is 5.26 Å². The van der Waals surface area contributed by atoms with Crippen LogP contribution in [0, 0.1) is 16.7 Å². The zero-order valence-corrected chi connectivity index (χ0v) is 6.15. The second-order valence-corrected chi connectivity index (χ2v) is 3.04. The molecule has 2 heteroatoms. The Hall–Kier alpha value is -0.550. The van der Waals surface area contributed by atoms with Crippen molar-refractivity contribution >= 4 is 0 Å². The second kappa shape index (κ2) is 3.47. The lowest BCUT2D eigenvalue weighted by atomic mass is 9.86. The molecule has 0 radical (unpaired) electrons. The van der Waals surface area contributed by atoms with Crippen LogP contribution in [0.2, 0.25) is 0 Å². The summed E-state index contributed by atoms with van der Waals surface area (Å²) >= 11 is 0. The molecule has 0 aliphatic rings. The van der Waals surface area contributed by atoms with Gasteiger partial charge >= 0.3 is 0 Å². The first-order valence-corrected chi connectivity index (χ1v) is 3.19. The molecular formula is C7H14N2. The average Bonchev–Trinajstić information content (AvgIpc) is 1.64. The first-order chi connectivity index (χ1) is 4.12. The largest absolute Gasteiger partial charge is 0.330 e. The molecule has 9 heavy (non-hydrogen) atoms. The van der Waals surface area contributed by atoms with E-state index in [0.717, 1.165) is 6.42 Å². The summed E-state index contributed by atoms with van der Waals surface area (Å²) in [6.45, 7) is 4.79. The highest BCUT2D eigenvalue weighted by atomic mass is 14.5. The normalized spacial score (nSPS) is 10.9. The van der Waals surface area contributed by atoms with Gasteiger partial charge in [-0.25, -0.2) is 0 Å². The lowest BCUT2D eigenvalue weighted by Gasteiger charge is -2.18. The molecule has 52 valence electrons. The number of rotatable bonds is 3. The third kappa shape index (κ3) is 3.99. The van der Waals surface area contributed by atoms with Crippen LogP contribution in [0.25, 0.3) is 0 Å². The van der Waals surface area contributed by atoms with Gasteiger partial charge < -0.3 is 5.73 Å². The van der Waals surface area contributed by atoms with Crippen LogP contribution in [-0.2, 0) is 0 Å². The monoisotopic (exact) mass is 126 g/mol. The summed E-state index contributed by atoms with van der Waals surface area (Å²) in [5, 5.41) is 8.34. The van der Waals surface area contributed by atoms with Crippen LogP contribution < -0.4 is 5.73 Å². The molecule has 0 unspecified atom stereocenters. The molecule has 0 spiro atoms.